The Balaban J connectivity index is 1.89. The Labute approximate surface area is 159 Å². The summed E-state index contributed by atoms with van der Waals surface area (Å²) in [5.74, 6) is 0.816. The van der Waals surface area contributed by atoms with Crippen LogP contribution in [-0.2, 0) is 12.8 Å². The SMILES string of the molecule is CCCCCc1c(C)nc(Nc2nc(C)c3ccc(CC)cc3n2)[nH]c1=O. The molecule has 0 atom stereocenters. The summed E-state index contributed by atoms with van der Waals surface area (Å²) < 4.78 is 0. The fourth-order valence-corrected chi connectivity index (χ4v) is 3.23. The van der Waals surface area contributed by atoms with Crippen LogP contribution < -0.4 is 10.9 Å². The van der Waals surface area contributed by atoms with E-state index in [0.717, 1.165) is 60.0 Å². The van der Waals surface area contributed by atoms with Gasteiger partial charge < -0.3 is 0 Å². The average molecular weight is 365 g/mol. The number of fused-ring (bicyclic) bond motifs is 1. The van der Waals surface area contributed by atoms with Crippen LogP contribution in [0.2, 0.25) is 0 Å². The maximum absolute atomic E-state index is 12.4. The molecule has 2 N–H and O–H groups in total. The lowest BCUT2D eigenvalue weighted by atomic mass is 10.1. The summed E-state index contributed by atoms with van der Waals surface area (Å²) in [4.78, 5) is 28.9. The number of anilines is 2. The minimum absolute atomic E-state index is 0.0908. The fourth-order valence-electron chi connectivity index (χ4n) is 3.23. The van der Waals surface area contributed by atoms with Crippen molar-refractivity contribution < 1.29 is 0 Å². The number of benzene rings is 1. The van der Waals surface area contributed by atoms with E-state index in [0.29, 0.717) is 11.9 Å². The largest absolute Gasteiger partial charge is 0.294 e. The van der Waals surface area contributed by atoms with Gasteiger partial charge in [0.2, 0.25) is 11.9 Å². The van der Waals surface area contributed by atoms with Gasteiger partial charge >= 0.3 is 0 Å². The summed E-state index contributed by atoms with van der Waals surface area (Å²) >= 11 is 0. The standard InChI is InChI=1S/C21H27N5O/c1-5-7-8-9-17-14(4)23-21(25-19(17)27)26-20-22-13(3)16-11-10-15(6-2)12-18(16)24-20/h10-12H,5-9H2,1-4H3,(H2,22,23,24,25,26,27). The molecule has 0 aliphatic carbocycles. The van der Waals surface area contributed by atoms with Crippen LogP contribution in [0.4, 0.5) is 11.9 Å². The van der Waals surface area contributed by atoms with Gasteiger partial charge in [-0.05, 0) is 44.7 Å². The molecule has 2 aromatic heterocycles. The summed E-state index contributed by atoms with van der Waals surface area (Å²) in [7, 11) is 0. The lowest BCUT2D eigenvalue weighted by Crippen LogP contribution is -2.18. The molecule has 0 unspecified atom stereocenters. The number of unbranched alkanes of at least 4 members (excludes halogenated alkanes) is 2. The second kappa shape index (κ2) is 8.29. The number of nitrogens with one attached hydrogen (secondary N) is 2. The van der Waals surface area contributed by atoms with Crippen molar-refractivity contribution in [2.75, 3.05) is 5.32 Å². The molecule has 0 aliphatic rings. The Morgan fingerprint density at radius 3 is 2.56 bits per heavy atom. The molecule has 6 nitrogen and oxygen atoms in total. The van der Waals surface area contributed by atoms with Crippen molar-refractivity contribution >= 4 is 22.8 Å². The zero-order valence-electron chi connectivity index (χ0n) is 16.5. The highest BCUT2D eigenvalue weighted by atomic mass is 16.1. The topological polar surface area (TPSA) is 83.6 Å². The van der Waals surface area contributed by atoms with Gasteiger partial charge in [-0.3, -0.25) is 15.1 Å². The first kappa shape index (κ1) is 19.0. The Morgan fingerprint density at radius 2 is 1.85 bits per heavy atom. The van der Waals surface area contributed by atoms with Gasteiger partial charge in [0.25, 0.3) is 5.56 Å². The van der Waals surface area contributed by atoms with Crippen molar-refractivity contribution in [1.29, 1.82) is 0 Å². The van der Waals surface area contributed by atoms with Crippen LogP contribution >= 0.6 is 0 Å². The monoisotopic (exact) mass is 365 g/mol. The molecular formula is C21H27N5O. The van der Waals surface area contributed by atoms with Crippen molar-refractivity contribution in [2.45, 2.75) is 59.8 Å². The van der Waals surface area contributed by atoms with Gasteiger partial charge in [-0.25, -0.2) is 15.0 Å². The second-order valence-corrected chi connectivity index (χ2v) is 6.90. The normalized spacial score (nSPS) is 11.1. The molecule has 6 heteroatoms. The first-order valence-corrected chi connectivity index (χ1v) is 9.66. The van der Waals surface area contributed by atoms with E-state index in [2.05, 4.69) is 57.3 Å². The lowest BCUT2D eigenvalue weighted by Gasteiger charge is -2.10. The van der Waals surface area contributed by atoms with E-state index in [4.69, 9.17) is 0 Å². The Morgan fingerprint density at radius 1 is 1.04 bits per heavy atom. The number of hydrogen-bond acceptors (Lipinski definition) is 5. The molecule has 0 radical (unpaired) electrons. The van der Waals surface area contributed by atoms with Gasteiger partial charge in [-0.15, -0.1) is 0 Å². The summed E-state index contributed by atoms with van der Waals surface area (Å²) in [6.07, 6.45) is 4.95. The quantitative estimate of drug-likeness (QED) is 0.608. The van der Waals surface area contributed by atoms with Crippen molar-refractivity contribution in [3.63, 3.8) is 0 Å². The minimum Gasteiger partial charge on any atom is -0.294 e. The maximum Gasteiger partial charge on any atom is 0.255 e. The van der Waals surface area contributed by atoms with Crippen molar-refractivity contribution in [3.05, 3.63) is 51.1 Å². The van der Waals surface area contributed by atoms with Crippen LogP contribution in [0.15, 0.2) is 23.0 Å². The number of aromatic nitrogens is 4. The summed E-state index contributed by atoms with van der Waals surface area (Å²) in [6.45, 7) is 8.10. The predicted molar refractivity (Wildman–Crippen MR) is 110 cm³/mol. The van der Waals surface area contributed by atoms with Crippen LogP contribution in [0.1, 0.15) is 55.6 Å². The third-order valence-corrected chi connectivity index (χ3v) is 4.84. The number of H-pyrrole nitrogens is 1. The molecule has 0 spiro atoms. The van der Waals surface area contributed by atoms with Gasteiger partial charge in [-0.1, -0.05) is 38.8 Å². The van der Waals surface area contributed by atoms with E-state index < -0.39 is 0 Å². The number of rotatable bonds is 7. The van der Waals surface area contributed by atoms with Crippen LogP contribution in [0.3, 0.4) is 0 Å². The van der Waals surface area contributed by atoms with E-state index >= 15 is 0 Å². The molecule has 142 valence electrons. The van der Waals surface area contributed by atoms with Gasteiger partial charge in [0.05, 0.1) is 11.2 Å². The number of aromatic amines is 1. The predicted octanol–water partition coefficient (Wildman–Crippen LogP) is 4.37. The van der Waals surface area contributed by atoms with Crippen molar-refractivity contribution in [1.82, 2.24) is 19.9 Å². The van der Waals surface area contributed by atoms with Gasteiger partial charge in [0.1, 0.15) is 0 Å². The minimum atomic E-state index is -0.0908. The highest BCUT2D eigenvalue weighted by Gasteiger charge is 2.10. The average Bonchev–Trinajstić information content (AvgIpc) is 2.63. The van der Waals surface area contributed by atoms with E-state index in [1.807, 2.05) is 13.8 Å². The number of hydrogen-bond donors (Lipinski definition) is 2. The number of aryl methyl sites for hydroxylation is 3. The van der Waals surface area contributed by atoms with Crippen LogP contribution in [0, 0.1) is 13.8 Å². The van der Waals surface area contributed by atoms with Crippen LogP contribution in [0.5, 0.6) is 0 Å². The van der Waals surface area contributed by atoms with Crippen LogP contribution in [0.25, 0.3) is 10.9 Å². The Hall–Kier alpha value is -2.76. The Bertz CT molecular complexity index is 1010. The highest BCUT2D eigenvalue weighted by Crippen LogP contribution is 2.20. The van der Waals surface area contributed by atoms with Crippen molar-refractivity contribution in [2.24, 2.45) is 0 Å². The summed E-state index contributed by atoms with van der Waals surface area (Å²) in [6, 6.07) is 6.24. The molecule has 0 bridgehead atoms. The van der Waals surface area contributed by atoms with Crippen molar-refractivity contribution in [3.8, 4) is 0 Å². The fraction of sp³-hybridized carbons (Fsp3) is 0.429. The molecule has 3 aromatic rings. The second-order valence-electron chi connectivity index (χ2n) is 6.90. The molecule has 0 aliphatic heterocycles. The summed E-state index contributed by atoms with van der Waals surface area (Å²) in [5.41, 5.74) is 4.43. The van der Waals surface area contributed by atoms with E-state index in [-0.39, 0.29) is 5.56 Å². The molecule has 0 fully saturated rings. The molecule has 3 rings (SSSR count). The van der Waals surface area contributed by atoms with Gasteiger partial charge in [0.15, 0.2) is 0 Å². The third kappa shape index (κ3) is 4.32. The lowest BCUT2D eigenvalue weighted by molar-refractivity contribution is 0.707. The maximum atomic E-state index is 12.4. The van der Waals surface area contributed by atoms with Gasteiger partial charge in [-0.2, -0.15) is 0 Å². The van der Waals surface area contributed by atoms with Crippen LogP contribution in [-0.4, -0.2) is 19.9 Å². The molecule has 0 amide bonds. The zero-order chi connectivity index (χ0) is 19.4. The van der Waals surface area contributed by atoms with E-state index in [1.165, 1.54) is 5.56 Å². The molecule has 2 heterocycles. The van der Waals surface area contributed by atoms with Gasteiger partial charge in [0, 0.05) is 16.6 Å². The van der Waals surface area contributed by atoms with E-state index in [1.54, 1.807) is 0 Å². The summed E-state index contributed by atoms with van der Waals surface area (Å²) in [5, 5.41) is 4.09. The number of nitrogens with zero attached hydrogens (tertiary/aromatic N) is 3. The molecule has 27 heavy (non-hydrogen) atoms. The zero-order valence-corrected chi connectivity index (χ0v) is 16.5. The molecular weight excluding hydrogens is 338 g/mol. The Kier molecular flexibility index (Phi) is 5.84. The smallest absolute Gasteiger partial charge is 0.255 e. The molecule has 0 saturated heterocycles. The molecule has 1 aromatic carbocycles. The van der Waals surface area contributed by atoms with E-state index in [9.17, 15) is 4.79 Å². The highest BCUT2D eigenvalue weighted by molar-refractivity contribution is 5.82. The third-order valence-electron chi connectivity index (χ3n) is 4.84. The first-order chi connectivity index (χ1) is 13.0. The molecule has 0 saturated carbocycles. The first-order valence-electron chi connectivity index (χ1n) is 9.66.